The van der Waals surface area contributed by atoms with Gasteiger partial charge in [0.1, 0.15) is 12.6 Å². The molecule has 0 aromatic heterocycles. The first kappa shape index (κ1) is 25.7. The molecule has 3 unspecified atom stereocenters. The van der Waals surface area contributed by atoms with Crippen LogP contribution in [0.5, 0.6) is 0 Å². The van der Waals surface area contributed by atoms with Gasteiger partial charge in [-0.25, -0.2) is 0 Å². The maximum Gasteiger partial charge on any atom is 0.250 e. The number of nitrogens with one attached hydrogen (secondary N) is 1. The van der Waals surface area contributed by atoms with Crippen LogP contribution < -0.4 is 5.32 Å². The fourth-order valence-corrected chi connectivity index (χ4v) is 4.17. The fraction of sp³-hybridized carbons (Fsp3) is 0.333. The molecule has 35 heavy (non-hydrogen) atoms. The number of aliphatic hydroxyl groups excluding tert-OH is 1. The molecule has 3 atom stereocenters. The van der Waals surface area contributed by atoms with E-state index in [4.69, 9.17) is 0 Å². The Morgan fingerprint density at radius 2 is 1.69 bits per heavy atom. The van der Waals surface area contributed by atoms with Crippen molar-refractivity contribution < 1.29 is 19.5 Å². The highest BCUT2D eigenvalue weighted by atomic mass is 16.3. The van der Waals surface area contributed by atoms with Crippen LogP contribution in [0.3, 0.4) is 0 Å². The summed E-state index contributed by atoms with van der Waals surface area (Å²) in [5.74, 6) is -1.34. The van der Waals surface area contributed by atoms with Gasteiger partial charge in [-0.3, -0.25) is 19.3 Å². The third kappa shape index (κ3) is 6.14. The van der Waals surface area contributed by atoms with Gasteiger partial charge in [0.25, 0.3) is 5.91 Å². The molecule has 0 saturated carbocycles. The number of nitrogens with zero attached hydrogens (tertiary/aromatic N) is 3. The van der Waals surface area contributed by atoms with E-state index in [2.05, 4.69) is 5.32 Å². The maximum absolute atomic E-state index is 13.6. The monoisotopic (exact) mass is 474 g/mol. The zero-order chi connectivity index (χ0) is 25.5. The number of hydrogen-bond donors (Lipinski definition) is 2. The van der Waals surface area contributed by atoms with E-state index >= 15 is 0 Å². The van der Waals surface area contributed by atoms with E-state index in [1.54, 1.807) is 24.4 Å². The molecular weight excluding hydrogens is 444 g/mol. The minimum Gasteiger partial charge on any atom is -0.376 e. The third-order valence-corrected chi connectivity index (χ3v) is 5.90. The number of rotatable bonds is 8. The van der Waals surface area contributed by atoms with Gasteiger partial charge in [-0.05, 0) is 23.5 Å². The van der Waals surface area contributed by atoms with Gasteiger partial charge in [0.2, 0.25) is 11.8 Å². The van der Waals surface area contributed by atoms with E-state index in [-0.39, 0.29) is 30.7 Å². The molecule has 0 spiro atoms. The van der Waals surface area contributed by atoms with E-state index in [0.717, 1.165) is 5.56 Å². The minimum absolute atomic E-state index is 0.184. The highest BCUT2D eigenvalue weighted by Gasteiger charge is 2.40. The topological polar surface area (TPSA) is 114 Å². The second kappa shape index (κ2) is 11.4. The summed E-state index contributed by atoms with van der Waals surface area (Å²) in [7, 11) is 0. The number of hydrogen-bond acceptors (Lipinski definition) is 5. The number of amides is 3. The molecule has 8 heteroatoms. The van der Waals surface area contributed by atoms with Gasteiger partial charge in [-0.1, -0.05) is 74.5 Å². The number of nitriles is 1. The van der Waals surface area contributed by atoms with Crippen LogP contribution in [-0.2, 0) is 20.8 Å². The molecule has 1 heterocycles. The average molecular weight is 475 g/mol. The molecule has 3 amide bonds. The zero-order valence-electron chi connectivity index (χ0n) is 20.1. The number of aliphatic hydroxyl groups is 1. The maximum atomic E-state index is 13.6. The summed E-state index contributed by atoms with van der Waals surface area (Å²) in [6.07, 6.45) is 0.448. The summed E-state index contributed by atoms with van der Waals surface area (Å²) in [6, 6.07) is 18.5. The van der Waals surface area contributed by atoms with E-state index in [1.807, 2.05) is 62.4 Å². The first-order chi connectivity index (χ1) is 16.7. The van der Waals surface area contributed by atoms with Gasteiger partial charge in [0.15, 0.2) is 6.10 Å². The zero-order valence-corrected chi connectivity index (χ0v) is 20.1. The Hall–Kier alpha value is -3.96. The molecule has 0 fully saturated rings. The summed E-state index contributed by atoms with van der Waals surface area (Å²) in [4.78, 5) is 41.8. The molecular formula is C27H30N4O4. The van der Waals surface area contributed by atoms with Crippen molar-refractivity contribution in [1.82, 2.24) is 15.1 Å². The average Bonchev–Trinajstić information content (AvgIpc) is 2.84. The van der Waals surface area contributed by atoms with Gasteiger partial charge >= 0.3 is 0 Å². The number of carbonyl (C=O) groups is 3. The molecule has 0 saturated heterocycles. The van der Waals surface area contributed by atoms with Crippen molar-refractivity contribution in [3.8, 4) is 6.07 Å². The normalized spacial score (nSPS) is 17.4. The van der Waals surface area contributed by atoms with E-state index in [9.17, 15) is 24.8 Å². The van der Waals surface area contributed by atoms with Crippen LogP contribution in [-0.4, -0.2) is 57.4 Å². The standard InChI is InChI=1S/C27H30N4O4/c1-18(2)26-27(35)31(23(16-30(26)19(3)32)21-12-8-5-9-13-21)17-25(34)29-22(24(33)15-28)14-20-10-6-4-7-11-20/h4-13,16,18,22,24,26,33H,14,17H2,1-3H3,(H,29,34). The summed E-state index contributed by atoms with van der Waals surface area (Å²) in [6.45, 7) is 4.77. The second-order valence-electron chi connectivity index (χ2n) is 8.86. The number of benzene rings is 2. The van der Waals surface area contributed by atoms with E-state index < -0.39 is 24.1 Å². The van der Waals surface area contributed by atoms with Crippen molar-refractivity contribution in [3.63, 3.8) is 0 Å². The predicted octanol–water partition coefficient (Wildman–Crippen LogP) is 2.31. The van der Waals surface area contributed by atoms with Crippen LogP contribution in [0, 0.1) is 17.2 Å². The van der Waals surface area contributed by atoms with Crippen molar-refractivity contribution in [1.29, 1.82) is 5.26 Å². The lowest BCUT2D eigenvalue weighted by molar-refractivity contribution is -0.144. The van der Waals surface area contributed by atoms with E-state index in [1.165, 1.54) is 16.7 Å². The van der Waals surface area contributed by atoms with Crippen molar-refractivity contribution in [2.75, 3.05) is 6.54 Å². The Labute approximate surface area is 205 Å². The fourth-order valence-electron chi connectivity index (χ4n) is 4.17. The Kier molecular flexibility index (Phi) is 8.39. The van der Waals surface area contributed by atoms with Gasteiger partial charge in [-0.2, -0.15) is 5.26 Å². The lowest BCUT2D eigenvalue weighted by Gasteiger charge is -2.40. The van der Waals surface area contributed by atoms with Crippen molar-refractivity contribution in [2.24, 2.45) is 5.92 Å². The highest BCUT2D eigenvalue weighted by molar-refractivity contribution is 5.99. The van der Waals surface area contributed by atoms with Crippen LogP contribution in [0.15, 0.2) is 66.9 Å². The molecule has 0 radical (unpaired) electrons. The van der Waals surface area contributed by atoms with Gasteiger partial charge < -0.3 is 15.3 Å². The molecule has 0 bridgehead atoms. The Morgan fingerprint density at radius 3 is 2.23 bits per heavy atom. The second-order valence-corrected chi connectivity index (χ2v) is 8.86. The Bertz CT molecular complexity index is 1120. The lowest BCUT2D eigenvalue weighted by Crippen LogP contribution is -2.56. The molecule has 1 aliphatic rings. The number of carbonyl (C=O) groups excluding carboxylic acids is 3. The lowest BCUT2D eigenvalue weighted by atomic mass is 9.97. The summed E-state index contributed by atoms with van der Waals surface area (Å²) in [5.41, 5.74) is 1.96. The minimum atomic E-state index is -1.42. The van der Waals surface area contributed by atoms with Crippen LogP contribution in [0.1, 0.15) is 31.9 Å². The molecule has 3 rings (SSSR count). The quantitative estimate of drug-likeness (QED) is 0.570. The Morgan fingerprint density at radius 1 is 1.09 bits per heavy atom. The van der Waals surface area contributed by atoms with Crippen LogP contribution in [0.2, 0.25) is 0 Å². The Balaban J connectivity index is 1.90. The first-order valence-corrected chi connectivity index (χ1v) is 11.5. The van der Waals surface area contributed by atoms with Crippen molar-refractivity contribution >= 4 is 23.4 Å². The molecule has 2 aromatic rings. The van der Waals surface area contributed by atoms with Crippen LogP contribution in [0.4, 0.5) is 0 Å². The third-order valence-electron chi connectivity index (χ3n) is 5.90. The van der Waals surface area contributed by atoms with E-state index in [0.29, 0.717) is 11.3 Å². The van der Waals surface area contributed by atoms with Gasteiger partial charge in [0, 0.05) is 13.1 Å². The first-order valence-electron chi connectivity index (χ1n) is 11.5. The molecule has 8 nitrogen and oxygen atoms in total. The summed E-state index contributed by atoms with van der Waals surface area (Å²) >= 11 is 0. The summed E-state index contributed by atoms with van der Waals surface area (Å²) < 4.78 is 0. The van der Waals surface area contributed by atoms with Crippen LogP contribution in [0.25, 0.3) is 5.70 Å². The molecule has 2 aromatic carbocycles. The van der Waals surface area contributed by atoms with Gasteiger partial charge in [-0.15, -0.1) is 0 Å². The molecule has 0 aliphatic carbocycles. The van der Waals surface area contributed by atoms with Gasteiger partial charge in [0.05, 0.1) is 17.8 Å². The van der Waals surface area contributed by atoms with Crippen LogP contribution >= 0.6 is 0 Å². The largest absolute Gasteiger partial charge is 0.376 e. The van der Waals surface area contributed by atoms with Crippen molar-refractivity contribution in [2.45, 2.75) is 45.4 Å². The smallest absolute Gasteiger partial charge is 0.250 e. The molecule has 1 aliphatic heterocycles. The summed E-state index contributed by atoms with van der Waals surface area (Å²) in [5, 5.41) is 22.2. The SMILES string of the molecule is CC(=O)N1C=C(c2ccccc2)N(CC(=O)NC(Cc2ccccc2)C(O)C#N)C(=O)C1C(C)C. The molecule has 2 N–H and O–H groups in total. The molecule has 182 valence electrons. The predicted molar refractivity (Wildman–Crippen MR) is 131 cm³/mol. The van der Waals surface area contributed by atoms with Crippen molar-refractivity contribution in [3.05, 3.63) is 78.0 Å². The highest BCUT2D eigenvalue weighted by Crippen LogP contribution is 2.29.